The molecule has 3 heteroatoms. The number of piperidine rings is 1. The molecule has 0 bridgehead atoms. The summed E-state index contributed by atoms with van der Waals surface area (Å²) in [5, 5.41) is 3.38. The van der Waals surface area contributed by atoms with Gasteiger partial charge in [0, 0.05) is 12.5 Å². The highest BCUT2D eigenvalue weighted by atomic mass is 16.5. The Morgan fingerprint density at radius 3 is 2.72 bits per heavy atom. The number of nitrogens with one attached hydrogen (secondary N) is 1. The second kappa shape index (κ2) is 8.14. The normalized spacial score (nSPS) is 49.3. The fourth-order valence-corrected chi connectivity index (χ4v) is 8.96. The minimum Gasteiger partial charge on any atom is -0.371 e. The summed E-state index contributed by atoms with van der Waals surface area (Å²) in [5.41, 5.74) is 3.81. The molecule has 5 aliphatic rings. The molecule has 3 aliphatic carbocycles. The van der Waals surface area contributed by atoms with Gasteiger partial charge in [-0.1, -0.05) is 52.2 Å². The van der Waals surface area contributed by atoms with E-state index in [2.05, 4.69) is 46.9 Å². The molecular formula is C29H47NO2. The fraction of sp³-hybridized carbons (Fsp3) is 0.897. The van der Waals surface area contributed by atoms with Crippen LogP contribution < -0.4 is 5.32 Å². The molecular weight excluding hydrogens is 394 g/mol. The van der Waals surface area contributed by atoms with Crippen LogP contribution in [0, 0.1) is 40.9 Å². The number of amides is 1. The quantitative estimate of drug-likeness (QED) is 0.497. The Hall–Kier alpha value is -0.830. The van der Waals surface area contributed by atoms with Crippen LogP contribution >= 0.6 is 0 Å². The summed E-state index contributed by atoms with van der Waals surface area (Å²) in [6.45, 7) is 14.6. The van der Waals surface area contributed by atoms with Crippen LogP contribution in [0.3, 0.4) is 0 Å². The first-order chi connectivity index (χ1) is 15.2. The molecule has 2 aliphatic heterocycles. The molecule has 0 unspecified atom stereocenters. The molecule has 4 fully saturated rings. The predicted molar refractivity (Wildman–Crippen MR) is 130 cm³/mol. The molecule has 0 radical (unpaired) electrons. The van der Waals surface area contributed by atoms with Crippen molar-refractivity contribution in [1.82, 2.24) is 5.32 Å². The molecule has 1 amide bonds. The van der Waals surface area contributed by atoms with Gasteiger partial charge in [0.2, 0.25) is 5.91 Å². The predicted octanol–water partition coefficient (Wildman–Crippen LogP) is 6.66. The van der Waals surface area contributed by atoms with Gasteiger partial charge in [-0.25, -0.2) is 0 Å². The molecule has 32 heavy (non-hydrogen) atoms. The zero-order valence-corrected chi connectivity index (χ0v) is 21.5. The second-order valence-electron chi connectivity index (χ2n) is 12.9. The number of carbonyl (C=O) groups excluding carboxylic acids is 1. The van der Waals surface area contributed by atoms with Crippen molar-refractivity contribution in [2.24, 2.45) is 40.9 Å². The maximum absolute atomic E-state index is 12.1. The standard InChI is InChI=1S/C29H47NO2/c1-7-17(2)14-25-19(4)20(5)29(32-25)13-10-21-22-8-9-26-28(6,12-11-27(31)30-26)24(22)15-23(21)18(3)16-29/h17,19-22,24-26H,7-16H2,1-6H3,(H,30,31)/t17-,19+,20-,21+,22+,24+,25-,26+,28-,29+/m1/s1. The first kappa shape index (κ1) is 22.9. The monoisotopic (exact) mass is 441 g/mol. The molecule has 1 N–H and O–H groups in total. The molecule has 180 valence electrons. The third-order valence-electron chi connectivity index (χ3n) is 11.5. The van der Waals surface area contributed by atoms with Crippen LogP contribution in [-0.4, -0.2) is 23.7 Å². The summed E-state index contributed by atoms with van der Waals surface area (Å²) in [4.78, 5) is 12.1. The summed E-state index contributed by atoms with van der Waals surface area (Å²) >= 11 is 0. The number of fused-ring (bicyclic) bond motifs is 5. The molecule has 0 aromatic rings. The minimum atomic E-state index is 0.0639. The minimum absolute atomic E-state index is 0.0639. The van der Waals surface area contributed by atoms with Gasteiger partial charge >= 0.3 is 0 Å². The van der Waals surface area contributed by atoms with Crippen molar-refractivity contribution in [2.75, 3.05) is 0 Å². The Morgan fingerprint density at radius 1 is 1.19 bits per heavy atom. The Kier molecular flexibility index (Phi) is 5.83. The van der Waals surface area contributed by atoms with E-state index in [0.717, 1.165) is 42.9 Å². The Bertz CT molecular complexity index is 788. The molecule has 2 heterocycles. The van der Waals surface area contributed by atoms with E-state index < -0.39 is 0 Å². The lowest BCUT2D eigenvalue weighted by Gasteiger charge is -2.52. The summed E-state index contributed by atoms with van der Waals surface area (Å²) in [5.74, 6) is 4.66. The van der Waals surface area contributed by atoms with Gasteiger partial charge in [-0.15, -0.1) is 0 Å². The van der Waals surface area contributed by atoms with Crippen LogP contribution in [0.25, 0.3) is 0 Å². The van der Waals surface area contributed by atoms with Crippen molar-refractivity contribution in [1.29, 1.82) is 0 Å². The first-order valence-corrected chi connectivity index (χ1v) is 13.8. The van der Waals surface area contributed by atoms with Crippen molar-refractivity contribution < 1.29 is 9.53 Å². The van der Waals surface area contributed by atoms with Crippen molar-refractivity contribution in [2.45, 2.75) is 123 Å². The Labute approximate surface area is 196 Å². The van der Waals surface area contributed by atoms with E-state index in [0.29, 0.717) is 29.4 Å². The van der Waals surface area contributed by atoms with Gasteiger partial charge in [-0.2, -0.15) is 0 Å². The van der Waals surface area contributed by atoms with Gasteiger partial charge in [0.1, 0.15) is 0 Å². The highest BCUT2D eigenvalue weighted by Gasteiger charge is 2.58. The van der Waals surface area contributed by atoms with E-state index in [1.54, 1.807) is 11.1 Å². The van der Waals surface area contributed by atoms with Crippen molar-refractivity contribution >= 4 is 5.91 Å². The molecule has 0 aromatic carbocycles. The molecule has 3 nitrogen and oxygen atoms in total. The lowest BCUT2D eigenvalue weighted by molar-refractivity contribution is -0.130. The van der Waals surface area contributed by atoms with Gasteiger partial charge in [-0.05, 0) is 99.2 Å². The Balaban J connectivity index is 1.39. The van der Waals surface area contributed by atoms with Crippen LogP contribution in [0.1, 0.15) is 106 Å². The maximum atomic E-state index is 12.1. The van der Waals surface area contributed by atoms with E-state index in [-0.39, 0.29) is 11.5 Å². The topological polar surface area (TPSA) is 38.3 Å². The summed E-state index contributed by atoms with van der Waals surface area (Å²) in [6.07, 6.45) is 12.2. The number of allylic oxidation sites excluding steroid dienone is 1. The van der Waals surface area contributed by atoms with Crippen LogP contribution in [-0.2, 0) is 9.53 Å². The van der Waals surface area contributed by atoms with Crippen LogP contribution in [0.4, 0.5) is 0 Å². The van der Waals surface area contributed by atoms with Gasteiger partial charge in [0.25, 0.3) is 0 Å². The molecule has 2 saturated carbocycles. The fourth-order valence-electron chi connectivity index (χ4n) is 8.96. The van der Waals surface area contributed by atoms with E-state index in [4.69, 9.17) is 4.74 Å². The molecule has 10 atom stereocenters. The van der Waals surface area contributed by atoms with Crippen LogP contribution in [0.5, 0.6) is 0 Å². The first-order valence-electron chi connectivity index (χ1n) is 13.8. The van der Waals surface area contributed by atoms with Crippen LogP contribution in [0.2, 0.25) is 0 Å². The van der Waals surface area contributed by atoms with Crippen LogP contribution in [0.15, 0.2) is 11.1 Å². The van der Waals surface area contributed by atoms with E-state index in [1.165, 1.54) is 44.9 Å². The molecule has 2 saturated heterocycles. The summed E-state index contributed by atoms with van der Waals surface area (Å²) in [7, 11) is 0. The number of carbonyl (C=O) groups is 1. The summed E-state index contributed by atoms with van der Waals surface area (Å²) in [6, 6.07) is 0.403. The lowest BCUT2D eigenvalue weighted by atomic mass is 9.57. The zero-order valence-electron chi connectivity index (χ0n) is 21.5. The average molecular weight is 442 g/mol. The van der Waals surface area contributed by atoms with Crippen molar-refractivity contribution in [3.63, 3.8) is 0 Å². The molecule has 5 rings (SSSR count). The lowest BCUT2D eigenvalue weighted by Crippen LogP contribution is -2.57. The van der Waals surface area contributed by atoms with Gasteiger partial charge in [0.05, 0.1) is 11.7 Å². The maximum Gasteiger partial charge on any atom is 0.220 e. The third-order valence-corrected chi connectivity index (χ3v) is 11.5. The Morgan fingerprint density at radius 2 is 1.97 bits per heavy atom. The smallest absolute Gasteiger partial charge is 0.220 e. The van der Waals surface area contributed by atoms with Gasteiger partial charge in [-0.3, -0.25) is 4.79 Å². The van der Waals surface area contributed by atoms with Crippen molar-refractivity contribution in [3.8, 4) is 0 Å². The van der Waals surface area contributed by atoms with E-state index in [1.807, 2.05) is 0 Å². The third kappa shape index (κ3) is 3.43. The second-order valence-corrected chi connectivity index (χ2v) is 12.9. The number of hydrogen-bond donors (Lipinski definition) is 1. The zero-order chi connectivity index (χ0) is 22.8. The SMILES string of the molecule is CC[C@@H](C)C[C@H]1O[C@]2(CC[C@@H]3C(=C(C)C2)C[C@H]2[C@H]3CC[C@@H]3NC(=O)CC[C@@]32C)[C@H](C)[C@@H]1C. The average Bonchev–Trinajstić information content (AvgIpc) is 3.20. The summed E-state index contributed by atoms with van der Waals surface area (Å²) < 4.78 is 7.07. The van der Waals surface area contributed by atoms with Gasteiger partial charge < -0.3 is 10.1 Å². The highest BCUT2D eigenvalue weighted by Crippen LogP contribution is 2.62. The van der Waals surface area contributed by atoms with Gasteiger partial charge in [0.15, 0.2) is 0 Å². The van der Waals surface area contributed by atoms with E-state index >= 15 is 0 Å². The van der Waals surface area contributed by atoms with E-state index in [9.17, 15) is 4.79 Å². The molecule has 0 aromatic heterocycles. The van der Waals surface area contributed by atoms with Crippen molar-refractivity contribution in [3.05, 3.63) is 11.1 Å². The number of hydrogen-bond acceptors (Lipinski definition) is 2. The number of rotatable bonds is 3. The number of ether oxygens (including phenoxy) is 1. The molecule has 1 spiro atoms. The highest BCUT2D eigenvalue weighted by molar-refractivity contribution is 5.77. The largest absolute Gasteiger partial charge is 0.371 e.